The number of nitrogens with zero attached hydrogens (tertiary/aromatic N) is 2. The Morgan fingerprint density at radius 3 is 1.43 bits per heavy atom. The summed E-state index contributed by atoms with van der Waals surface area (Å²) < 4.78 is 137. The van der Waals surface area contributed by atoms with Crippen LogP contribution in [0.3, 0.4) is 0 Å². The molecular weight excluding hydrogens is 543 g/mol. The molecule has 3 aliphatic rings. The van der Waals surface area contributed by atoms with Gasteiger partial charge in [-0.2, -0.15) is 39.5 Å². The molecule has 0 aliphatic carbocycles. The number of piperazine rings is 3. The van der Waals surface area contributed by atoms with Gasteiger partial charge in [0.05, 0.1) is 37.3 Å². The van der Waals surface area contributed by atoms with Crippen molar-refractivity contribution in [2.45, 2.75) is 29.9 Å². The first-order chi connectivity index (χ1) is 16.7. The fraction of sp³-hybridized carbons (Fsp3) is 0.455. The van der Waals surface area contributed by atoms with Crippen LogP contribution in [-0.2, 0) is 22.5 Å². The summed E-state index contributed by atoms with van der Waals surface area (Å²) in [6.07, 6.45) is -8.81. The third-order valence-electron chi connectivity index (χ3n) is 6.60. The van der Waals surface area contributed by atoms with Gasteiger partial charge < -0.3 is 9.04 Å². The third-order valence-corrected chi connectivity index (χ3v) is 7.17. The van der Waals surface area contributed by atoms with Crippen molar-refractivity contribution in [3.8, 4) is 0 Å². The van der Waals surface area contributed by atoms with Crippen LogP contribution in [0.2, 0.25) is 0 Å². The topological polar surface area (TPSA) is 60.4 Å². The summed E-state index contributed by atoms with van der Waals surface area (Å²) in [6, 6.07) is 10.0. The first-order valence-corrected chi connectivity index (χ1v) is 12.1. The maximum atomic E-state index is 13.0. The summed E-state index contributed by atoms with van der Waals surface area (Å²) in [5.74, 6) is 0. The Hall–Kier alpha value is -2.36. The zero-order valence-corrected chi connectivity index (χ0v) is 19.8. The van der Waals surface area contributed by atoms with Gasteiger partial charge in [-0.1, -0.05) is 24.3 Å². The first kappa shape index (κ1) is 29.2. The Balaban J connectivity index is 0.000000414. The molecule has 0 aromatic heterocycles. The molecule has 0 radical (unpaired) electrons. The lowest BCUT2D eigenvalue weighted by atomic mass is 9.84. The summed E-state index contributed by atoms with van der Waals surface area (Å²) in [5, 5.41) is 0. The van der Waals surface area contributed by atoms with Crippen LogP contribution in [0.1, 0.15) is 34.3 Å². The Labute approximate surface area is 206 Å². The summed E-state index contributed by atoms with van der Waals surface area (Å²) in [4.78, 5) is 2.23. The molecular formula is C22H21F9N2O3S. The first-order valence-electron chi connectivity index (χ1n) is 10.7. The largest absolute Gasteiger partial charge is 0.741 e. The van der Waals surface area contributed by atoms with Crippen molar-refractivity contribution >= 4 is 10.1 Å². The lowest BCUT2D eigenvalue weighted by molar-refractivity contribution is -0.958. The van der Waals surface area contributed by atoms with Gasteiger partial charge >= 0.3 is 17.9 Å². The molecule has 5 rings (SSSR count). The molecule has 5 nitrogen and oxygen atoms in total. The van der Waals surface area contributed by atoms with E-state index in [1.54, 1.807) is 0 Å². The maximum Gasteiger partial charge on any atom is 0.485 e. The predicted octanol–water partition coefficient (Wildman–Crippen LogP) is 5.33. The molecule has 3 saturated heterocycles. The SMILES string of the molecule is C[N+]12CCN(CC1)[C@H](c1ccc(C(F)(F)F)cc1)[C@@H]2c1ccc(C(F)(F)F)cc1.O=S(=O)([O-])C(F)(F)F. The van der Waals surface area contributed by atoms with Gasteiger partial charge in [-0.15, -0.1) is 0 Å². The Morgan fingerprint density at radius 1 is 0.757 bits per heavy atom. The highest BCUT2D eigenvalue weighted by Crippen LogP contribution is 2.48. The Morgan fingerprint density at radius 2 is 1.11 bits per heavy atom. The van der Waals surface area contributed by atoms with Crippen molar-refractivity contribution in [1.82, 2.24) is 4.90 Å². The van der Waals surface area contributed by atoms with Crippen molar-refractivity contribution in [3.05, 3.63) is 70.8 Å². The van der Waals surface area contributed by atoms with E-state index in [-0.39, 0.29) is 12.1 Å². The zero-order valence-electron chi connectivity index (χ0n) is 19.0. The molecule has 206 valence electrons. The molecule has 3 heterocycles. The minimum atomic E-state index is -6.09. The molecule has 0 unspecified atom stereocenters. The van der Waals surface area contributed by atoms with Crippen LogP contribution in [0.4, 0.5) is 39.5 Å². The van der Waals surface area contributed by atoms with Gasteiger partial charge in [0.15, 0.2) is 10.1 Å². The van der Waals surface area contributed by atoms with Gasteiger partial charge in [-0.25, -0.2) is 8.42 Å². The second-order valence-corrected chi connectivity index (χ2v) is 10.4. The quantitative estimate of drug-likeness (QED) is 0.214. The number of fused-ring (bicyclic) bond motifs is 3. The average Bonchev–Trinajstić information content (AvgIpc) is 2.77. The summed E-state index contributed by atoms with van der Waals surface area (Å²) in [6.45, 7) is 3.31. The fourth-order valence-electron chi connectivity index (χ4n) is 4.71. The van der Waals surface area contributed by atoms with Crippen molar-refractivity contribution in [2.75, 3.05) is 33.2 Å². The minimum absolute atomic E-state index is 0.142. The predicted molar refractivity (Wildman–Crippen MR) is 112 cm³/mol. The average molecular weight is 564 g/mol. The van der Waals surface area contributed by atoms with E-state index >= 15 is 0 Å². The molecule has 15 heteroatoms. The van der Waals surface area contributed by atoms with Gasteiger partial charge in [-0.3, -0.25) is 4.90 Å². The van der Waals surface area contributed by atoms with Crippen LogP contribution in [0, 0.1) is 0 Å². The van der Waals surface area contributed by atoms with Gasteiger partial charge in [-0.05, 0) is 29.8 Å². The summed E-state index contributed by atoms with van der Waals surface area (Å²) >= 11 is 0. The monoisotopic (exact) mass is 564 g/mol. The van der Waals surface area contributed by atoms with E-state index in [1.165, 1.54) is 24.3 Å². The summed E-state index contributed by atoms with van der Waals surface area (Å²) in [7, 11) is -4.01. The Kier molecular flexibility index (Phi) is 7.69. The number of likely N-dealkylation sites (N-methyl/N-ethyl adjacent to an activating group) is 1. The lowest BCUT2D eigenvalue weighted by Crippen LogP contribution is -2.67. The number of benzene rings is 2. The van der Waals surface area contributed by atoms with Crippen LogP contribution in [0.15, 0.2) is 48.5 Å². The molecule has 2 aromatic carbocycles. The molecule has 3 aliphatic heterocycles. The van der Waals surface area contributed by atoms with E-state index in [0.717, 1.165) is 61.6 Å². The third kappa shape index (κ3) is 6.38. The Bertz CT molecular complexity index is 1180. The number of rotatable bonds is 2. The molecule has 0 spiro atoms. The molecule has 0 saturated carbocycles. The molecule has 0 amide bonds. The smallest absolute Gasteiger partial charge is 0.485 e. The second kappa shape index (κ2) is 9.75. The van der Waals surface area contributed by atoms with E-state index in [0.29, 0.717) is 4.48 Å². The number of alkyl halides is 9. The van der Waals surface area contributed by atoms with Gasteiger partial charge in [0.1, 0.15) is 6.04 Å². The normalized spacial score (nSPS) is 26.4. The molecule has 37 heavy (non-hydrogen) atoms. The number of hydrogen-bond acceptors (Lipinski definition) is 4. The van der Waals surface area contributed by atoms with Gasteiger partial charge in [0.2, 0.25) is 0 Å². The van der Waals surface area contributed by atoms with Crippen LogP contribution in [-0.4, -0.2) is 61.1 Å². The molecule has 0 N–H and O–H groups in total. The van der Waals surface area contributed by atoms with Gasteiger partial charge in [0, 0.05) is 18.7 Å². The maximum absolute atomic E-state index is 13.0. The minimum Gasteiger partial charge on any atom is -0.741 e. The van der Waals surface area contributed by atoms with Crippen molar-refractivity contribution < 1.29 is 57.0 Å². The van der Waals surface area contributed by atoms with Crippen molar-refractivity contribution in [3.63, 3.8) is 0 Å². The molecule has 3 fully saturated rings. The van der Waals surface area contributed by atoms with E-state index in [9.17, 15) is 39.5 Å². The number of hydrogen-bond donors (Lipinski definition) is 0. The van der Waals surface area contributed by atoms with Crippen molar-refractivity contribution in [1.29, 1.82) is 0 Å². The number of quaternary nitrogens is 1. The standard InChI is InChI=1S/C21H21F6N2.CHF3O3S/c1-29-12-10-28(11-13-29)18(14-2-6-16(7-3-14)20(22,23)24)19(29)15-4-8-17(9-5-15)21(25,26)27;2-1(3,4)8(5,6)7/h2-9,18-19H,10-13H2,1H3;(H,5,6,7)/q+1;/p-1/t18-,19+;/m1./s1. The molecule has 2 atom stereocenters. The summed E-state index contributed by atoms with van der Waals surface area (Å²) in [5.41, 5.74) is -5.52. The van der Waals surface area contributed by atoms with Crippen LogP contribution < -0.4 is 0 Å². The number of halogens is 9. The van der Waals surface area contributed by atoms with Crippen LogP contribution in [0.5, 0.6) is 0 Å². The second-order valence-electron chi connectivity index (χ2n) is 8.99. The molecule has 2 aromatic rings. The molecule has 2 bridgehead atoms. The van der Waals surface area contributed by atoms with Crippen molar-refractivity contribution in [2.24, 2.45) is 0 Å². The van der Waals surface area contributed by atoms with Crippen LogP contribution >= 0.6 is 0 Å². The van der Waals surface area contributed by atoms with E-state index < -0.39 is 39.1 Å². The van der Waals surface area contributed by atoms with E-state index in [2.05, 4.69) is 11.9 Å². The lowest BCUT2D eigenvalue weighted by Gasteiger charge is -2.58. The highest BCUT2D eigenvalue weighted by atomic mass is 32.2. The van der Waals surface area contributed by atoms with Gasteiger partial charge in [0.25, 0.3) is 0 Å². The zero-order chi connectivity index (χ0) is 28.0. The fourth-order valence-corrected chi connectivity index (χ4v) is 4.71. The highest BCUT2D eigenvalue weighted by Gasteiger charge is 2.51. The highest BCUT2D eigenvalue weighted by molar-refractivity contribution is 7.86. The van der Waals surface area contributed by atoms with Crippen LogP contribution in [0.25, 0.3) is 0 Å². The van der Waals surface area contributed by atoms with E-state index in [4.69, 9.17) is 13.0 Å². The van der Waals surface area contributed by atoms with E-state index in [1.807, 2.05) is 0 Å².